The Bertz CT molecular complexity index is 1670. The van der Waals surface area contributed by atoms with Crippen molar-refractivity contribution in [3.05, 3.63) is 11.9 Å². The van der Waals surface area contributed by atoms with Gasteiger partial charge in [-0.3, -0.25) is 0 Å². The molecule has 10 fully saturated rings. The zero-order valence-corrected chi connectivity index (χ0v) is 32.3. The molecular formula is C37H51F6N3O10. The van der Waals surface area contributed by atoms with E-state index in [1.54, 1.807) is 13.8 Å². The SMILES string of the molecule is C[C@@H]1CC[C@H]2[C@@H](C)[C@](OCCn3cc(CO[C@@]4(C(F)(F)F)O[C@@H]5O[C@@]6(C)CC[C@H]7[C@H](C)CC[C@@H]([C@H]4C)[C@@]57OO6)nn3)(C(F)(F)F)O[C@@H]3O[C@@]4(C)CC[C@@H]1C32OO4. The Balaban J connectivity index is 0.918. The highest BCUT2D eigenvalue weighted by atomic mass is 19.4. The number of ether oxygens (including phenoxy) is 6. The first kappa shape index (κ1) is 39.8. The van der Waals surface area contributed by atoms with Crippen LogP contribution in [0.4, 0.5) is 26.3 Å². The maximum atomic E-state index is 15.3. The number of halogens is 6. The predicted molar refractivity (Wildman–Crippen MR) is 174 cm³/mol. The van der Waals surface area contributed by atoms with Crippen LogP contribution in [0.25, 0.3) is 0 Å². The van der Waals surface area contributed by atoms with Gasteiger partial charge in [0, 0.05) is 36.5 Å². The molecule has 4 bridgehead atoms. The Kier molecular flexibility index (Phi) is 9.17. The average molecular weight is 812 g/mol. The maximum absolute atomic E-state index is 15.3. The van der Waals surface area contributed by atoms with Crippen LogP contribution < -0.4 is 0 Å². The molecule has 316 valence electrons. The molecule has 11 rings (SSSR count). The molecule has 0 aromatic carbocycles. The molecule has 8 saturated heterocycles. The van der Waals surface area contributed by atoms with Gasteiger partial charge in [-0.25, -0.2) is 24.2 Å². The lowest BCUT2D eigenvalue weighted by molar-refractivity contribution is -0.599. The molecular weight excluding hydrogens is 760 g/mol. The third-order valence-corrected chi connectivity index (χ3v) is 15.0. The van der Waals surface area contributed by atoms with E-state index in [1.165, 1.54) is 24.7 Å². The standard InChI is InChI=1S/C37H51F6N3O10/c1-19-7-9-26-21(3)34(36(38,39)40,51-28-32(26)24(19)11-13-30(5,49-28)53-55-32)47-16-15-46-17-23(44-45-46)18-48-35(37(41,42)43)22(4)27-10-8-20(2)25-12-14-31(6)50-29(52-35)33(25,27)56-54-31/h17,19-22,24-29H,7-16,18H2,1-6H3/t19-,20-,21-,22-,24+,25+,26+,27+,28+,29+,30-,31-,32?,33-,34-,35-/m1/s1. The van der Waals surface area contributed by atoms with Crippen molar-refractivity contribution in [2.75, 3.05) is 6.61 Å². The lowest BCUT2D eigenvalue weighted by Crippen LogP contribution is -2.76. The highest BCUT2D eigenvalue weighted by Gasteiger charge is 2.79. The highest BCUT2D eigenvalue weighted by Crippen LogP contribution is 2.66. The number of alkyl halides is 6. The van der Waals surface area contributed by atoms with Gasteiger partial charge in [-0.1, -0.05) is 32.9 Å². The van der Waals surface area contributed by atoms with Gasteiger partial charge in [-0.2, -0.15) is 26.3 Å². The Morgan fingerprint density at radius 2 is 1.14 bits per heavy atom. The van der Waals surface area contributed by atoms with E-state index in [9.17, 15) is 0 Å². The molecule has 1 aromatic rings. The third-order valence-electron chi connectivity index (χ3n) is 15.0. The Morgan fingerprint density at radius 3 is 1.62 bits per heavy atom. The molecule has 56 heavy (non-hydrogen) atoms. The van der Waals surface area contributed by atoms with E-state index in [0.29, 0.717) is 51.4 Å². The molecule has 1 unspecified atom stereocenters. The van der Waals surface area contributed by atoms with E-state index in [-0.39, 0.29) is 35.9 Å². The van der Waals surface area contributed by atoms with Crippen LogP contribution in [-0.4, -0.2) is 80.9 Å². The first-order valence-electron chi connectivity index (χ1n) is 20.0. The summed E-state index contributed by atoms with van der Waals surface area (Å²) in [6.45, 7) is 8.84. The molecule has 8 aliphatic heterocycles. The van der Waals surface area contributed by atoms with E-state index in [2.05, 4.69) is 24.2 Å². The zero-order chi connectivity index (χ0) is 39.9. The van der Waals surface area contributed by atoms with Crippen molar-refractivity contribution >= 4 is 0 Å². The van der Waals surface area contributed by atoms with Crippen molar-refractivity contribution in [2.24, 2.45) is 47.3 Å². The summed E-state index contributed by atoms with van der Waals surface area (Å²) in [5.74, 6) is -12.6. The largest absolute Gasteiger partial charge is 0.443 e. The summed E-state index contributed by atoms with van der Waals surface area (Å²) in [5.41, 5.74) is -2.49. The second kappa shape index (κ2) is 12.9. The number of rotatable bonds is 7. The van der Waals surface area contributed by atoms with Crippen LogP contribution in [0.1, 0.15) is 98.6 Å². The van der Waals surface area contributed by atoms with Crippen LogP contribution in [0.2, 0.25) is 0 Å². The van der Waals surface area contributed by atoms with E-state index in [4.69, 9.17) is 48.0 Å². The van der Waals surface area contributed by atoms with Gasteiger partial charge in [0.1, 0.15) is 5.69 Å². The van der Waals surface area contributed by atoms with E-state index < -0.39 is 96.2 Å². The molecule has 19 heteroatoms. The van der Waals surface area contributed by atoms with Gasteiger partial charge in [0.25, 0.3) is 11.6 Å². The van der Waals surface area contributed by atoms with Crippen LogP contribution in [0.3, 0.4) is 0 Å². The molecule has 0 N–H and O–H groups in total. The smallest absolute Gasteiger partial charge is 0.340 e. The van der Waals surface area contributed by atoms with Gasteiger partial charge in [0.2, 0.25) is 11.6 Å². The molecule has 9 heterocycles. The van der Waals surface area contributed by atoms with E-state index >= 15 is 26.3 Å². The topological polar surface area (TPSA) is 123 Å². The Morgan fingerprint density at radius 1 is 0.661 bits per heavy atom. The van der Waals surface area contributed by atoms with E-state index in [1.807, 2.05) is 0 Å². The second-order valence-electron chi connectivity index (χ2n) is 18.1. The van der Waals surface area contributed by atoms with Crippen molar-refractivity contribution in [3.8, 4) is 0 Å². The lowest BCUT2D eigenvalue weighted by Gasteiger charge is -2.62. The van der Waals surface area contributed by atoms with Crippen LogP contribution >= 0.6 is 0 Å². The average Bonchev–Trinajstić information content (AvgIpc) is 3.28. The molecule has 1 aromatic heterocycles. The summed E-state index contributed by atoms with van der Waals surface area (Å²) < 4.78 is 128. The zero-order valence-electron chi connectivity index (χ0n) is 32.3. The molecule has 16 atom stereocenters. The van der Waals surface area contributed by atoms with Crippen molar-refractivity contribution in [2.45, 2.75) is 165 Å². The quantitative estimate of drug-likeness (QED) is 0.206. The number of hydrogen-bond donors (Lipinski definition) is 0. The van der Waals surface area contributed by atoms with Crippen LogP contribution in [0.5, 0.6) is 0 Å². The van der Waals surface area contributed by atoms with Gasteiger partial charge in [-0.15, -0.1) is 5.10 Å². The monoisotopic (exact) mass is 811 g/mol. The summed E-state index contributed by atoms with van der Waals surface area (Å²) >= 11 is 0. The Labute approximate surface area is 320 Å². The molecule has 13 nitrogen and oxygen atoms in total. The molecule has 2 spiro atoms. The minimum atomic E-state index is -5.00. The van der Waals surface area contributed by atoms with Crippen LogP contribution in [0.15, 0.2) is 6.20 Å². The first-order valence-corrected chi connectivity index (χ1v) is 20.0. The first-order chi connectivity index (χ1) is 26.2. The fourth-order valence-electron chi connectivity index (χ4n) is 12.0. The number of hydrogen-bond acceptors (Lipinski definition) is 12. The molecule has 0 amide bonds. The van der Waals surface area contributed by atoms with Crippen molar-refractivity contribution in [3.63, 3.8) is 0 Å². The van der Waals surface area contributed by atoms with Gasteiger partial charge in [-0.05, 0) is 76.0 Å². The Hall–Kier alpha value is -1.68. The van der Waals surface area contributed by atoms with Gasteiger partial charge in [0.05, 0.1) is 26.0 Å². The summed E-state index contributed by atoms with van der Waals surface area (Å²) in [4.78, 5) is 23.5. The van der Waals surface area contributed by atoms with Crippen LogP contribution in [-0.2, 0) is 61.1 Å². The minimum absolute atomic E-state index is 0.0000989. The summed E-state index contributed by atoms with van der Waals surface area (Å²) in [6.07, 6.45) is -7.15. The highest BCUT2D eigenvalue weighted by molar-refractivity contribution is 5.14. The fourth-order valence-corrected chi connectivity index (χ4v) is 12.0. The fraction of sp³-hybridized carbons (Fsp3) is 0.946. The molecule has 2 saturated carbocycles. The molecule has 0 radical (unpaired) electrons. The summed E-state index contributed by atoms with van der Waals surface area (Å²) in [5, 5.41) is 7.94. The van der Waals surface area contributed by atoms with Crippen LogP contribution in [0, 0.1) is 47.3 Å². The summed E-state index contributed by atoms with van der Waals surface area (Å²) in [6, 6.07) is 0. The minimum Gasteiger partial charge on any atom is -0.340 e. The second-order valence-corrected chi connectivity index (χ2v) is 18.1. The normalized spacial score (nSPS) is 51.2. The molecule has 10 aliphatic rings. The van der Waals surface area contributed by atoms with E-state index in [0.717, 1.165) is 0 Å². The number of fused-ring (bicyclic) bond motifs is 4. The van der Waals surface area contributed by atoms with Gasteiger partial charge >= 0.3 is 12.4 Å². The number of aromatic nitrogens is 3. The lowest BCUT2D eigenvalue weighted by atomic mass is 9.57. The number of nitrogens with zero attached hydrogens (tertiary/aromatic N) is 3. The maximum Gasteiger partial charge on any atom is 0.443 e. The summed E-state index contributed by atoms with van der Waals surface area (Å²) in [7, 11) is 0. The molecule has 2 aliphatic carbocycles. The van der Waals surface area contributed by atoms with Gasteiger partial charge < -0.3 is 28.4 Å². The van der Waals surface area contributed by atoms with Gasteiger partial charge in [0.15, 0.2) is 23.8 Å². The predicted octanol–water partition coefficient (Wildman–Crippen LogP) is 7.09. The van der Waals surface area contributed by atoms with Crippen molar-refractivity contribution < 1.29 is 74.3 Å². The van der Waals surface area contributed by atoms with Crippen molar-refractivity contribution in [1.82, 2.24) is 15.0 Å². The van der Waals surface area contributed by atoms with Crippen molar-refractivity contribution in [1.29, 1.82) is 0 Å². The third kappa shape index (κ3) is 5.50.